The minimum Gasteiger partial charge on any atom is -0.497 e. The summed E-state index contributed by atoms with van der Waals surface area (Å²) in [6.45, 7) is 4.16. The van der Waals surface area contributed by atoms with Gasteiger partial charge in [-0.1, -0.05) is 44.0 Å². The molecule has 1 aliphatic heterocycles. The van der Waals surface area contributed by atoms with E-state index in [9.17, 15) is 14.4 Å². The summed E-state index contributed by atoms with van der Waals surface area (Å²) in [5, 5.41) is 3.95. The quantitative estimate of drug-likeness (QED) is 0.224. The fourth-order valence-corrected chi connectivity index (χ4v) is 5.05. The van der Waals surface area contributed by atoms with Gasteiger partial charge in [0.2, 0.25) is 5.78 Å². The van der Waals surface area contributed by atoms with Crippen molar-refractivity contribution in [2.45, 2.75) is 45.6 Å². The molecule has 7 nitrogen and oxygen atoms in total. The van der Waals surface area contributed by atoms with Crippen LogP contribution in [0.3, 0.4) is 0 Å². The molecule has 182 valence electrons. The van der Waals surface area contributed by atoms with Gasteiger partial charge in [-0.3, -0.25) is 14.4 Å². The molecule has 35 heavy (non-hydrogen) atoms. The van der Waals surface area contributed by atoms with Crippen LogP contribution in [0.1, 0.15) is 49.9 Å². The van der Waals surface area contributed by atoms with Gasteiger partial charge in [-0.25, -0.2) is 0 Å². The van der Waals surface area contributed by atoms with Crippen LogP contribution in [0.15, 0.2) is 65.4 Å². The molecule has 0 N–H and O–H groups in total. The van der Waals surface area contributed by atoms with E-state index in [1.165, 1.54) is 6.26 Å². The van der Waals surface area contributed by atoms with E-state index in [1.807, 2.05) is 12.1 Å². The standard InChI is InChI=1S/C28H30N2O5/c1-4-6-19(7-5-2)25-24(26(31)20-10-14-22(34-3)15-11-20)27(32)28(33)30(25)21-12-8-18(9-13-21)23-16-17-35-29-23/h8-17,19,24-25H,4-7H2,1-3H3. The molecule has 4 rings (SSSR count). The smallest absolute Gasteiger partial charge is 0.295 e. The van der Waals surface area contributed by atoms with Crippen LogP contribution in [0.4, 0.5) is 5.69 Å². The zero-order chi connectivity index (χ0) is 24.9. The maximum Gasteiger partial charge on any atom is 0.295 e. The maximum atomic E-state index is 13.7. The number of Topliss-reactive ketones (excluding diaryl/α,β-unsaturated/α-hetero) is 2. The third-order valence-electron chi connectivity index (χ3n) is 6.69. The Labute approximate surface area is 205 Å². The van der Waals surface area contributed by atoms with Crippen molar-refractivity contribution in [3.05, 3.63) is 66.4 Å². The molecule has 1 saturated heterocycles. The number of amides is 1. The summed E-state index contributed by atoms with van der Waals surface area (Å²) < 4.78 is 10.1. The summed E-state index contributed by atoms with van der Waals surface area (Å²) in [5.74, 6) is -2.01. The van der Waals surface area contributed by atoms with E-state index >= 15 is 0 Å². The molecule has 2 heterocycles. The lowest BCUT2D eigenvalue weighted by molar-refractivity contribution is -0.135. The van der Waals surface area contributed by atoms with Crippen LogP contribution >= 0.6 is 0 Å². The first kappa shape index (κ1) is 24.4. The van der Waals surface area contributed by atoms with Crippen molar-refractivity contribution in [3.8, 4) is 17.0 Å². The van der Waals surface area contributed by atoms with Crippen molar-refractivity contribution < 1.29 is 23.6 Å². The molecule has 2 aromatic carbocycles. The van der Waals surface area contributed by atoms with Gasteiger partial charge in [-0.15, -0.1) is 0 Å². The Balaban J connectivity index is 1.75. The molecule has 1 aliphatic rings. The second-order valence-electron chi connectivity index (χ2n) is 8.87. The van der Waals surface area contributed by atoms with Crippen LogP contribution in [0, 0.1) is 11.8 Å². The first-order valence-electron chi connectivity index (χ1n) is 12.1. The summed E-state index contributed by atoms with van der Waals surface area (Å²) in [5.41, 5.74) is 2.51. The summed E-state index contributed by atoms with van der Waals surface area (Å²) in [7, 11) is 1.55. The molecular weight excluding hydrogens is 444 g/mol. The number of rotatable bonds is 10. The number of nitrogens with zero attached hydrogens (tertiary/aromatic N) is 2. The zero-order valence-electron chi connectivity index (χ0n) is 20.3. The third kappa shape index (κ3) is 4.76. The fourth-order valence-electron chi connectivity index (χ4n) is 5.05. The van der Waals surface area contributed by atoms with E-state index < -0.39 is 23.7 Å². The van der Waals surface area contributed by atoms with E-state index in [-0.39, 0.29) is 11.7 Å². The largest absolute Gasteiger partial charge is 0.497 e. The first-order valence-corrected chi connectivity index (χ1v) is 12.1. The molecule has 0 spiro atoms. The number of anilines is 1. The first-order chi connectivity index (χ1) is 17.0. The molecular formula is C28H30N2O5. The van der Waals surface area contributed by atoms with Crippen LogP contribution in [0.25, 0.3) is 11.3 Å². The fraction of sp³-hybridized carbons (Fsp3) is 0.357. The molecule has 0 aliphatic carbocycles. The average Bonchev–Trinajstić information content (AvgIpc) is 3.51. The number of ketones is 2. The molecule has 0 bridgehead atoms. The Morgan fingerprint density at radius 3 is 2.20 bits per heavy atom. The normalized spacial score (nSPS) is 17.9. The van der Waals surface area contributed by atoms with Gasteiger partial charge in [0.1, 0.15) is 23.6 Å². The molecule has 1 amide bonds. The number of aromatic nitrogens is 1. The Kier molecular flexibility index (Phi) is 7.44. The Bertz CT molecular complexity index is 1160. The minimum absolute atomic E-state index is 0.0165. The monoisotopic (exact) mass is 474 g/mol. The number of benzene rings is 2. The summed E-state index contributed by atoms with van der Waals surface area (Å²) >= 11 is 0. The van der Waals surface area contributed by atoms with E-state index in [2.05, 4.69) is 19.0 Å². The molecule has 2 unspecified atom stereocenters. The van der Waals surface area contributed by atoms with E-state index in [4.69, 9.17) is 9.26 Å². The summed E-state index contributed by atoms with van der Waals surface area (Å²) in [6, 6.07) is 15.2. The van der Waals surface area contributed by atoms with Crippen LogP contribution in [0.2, 0.25) is 0 Å². The Morgan fingerprint density at radius 1 is 1.00 bits per heavy atom. The summed E-state index contributed by atoms with van der Waals surface area (Å²) in [4.78, 5) is 41.9. The second kappa shape index (κ2) is 10.7. The highest BCUT2D eigenvalue weighted by Gasteiger charge is 2.53. The number of carbonyl (C=O) groups is 3. The van der Waals surface area contributed by atoms with Gasteiger partial charge in [-0.05, 0) is 55.2 Å². The lowest BCUT2D eigenvalue weighted by Gasteiger charge is -2.34. The van der Waals surface area contributed by atoms with Gasteiger partial charge in [-0.2, -0.15) is 0 Å². The molecule has 7 heteroatoms. The van der Waals surface area contributed by atoms with Crippen molar-refractivity contribution in [3.63, 3.8) is 0 Å². The van der Waals surface area contributed by atoms with Crippen molar-refractivity contribution >= 4 is 23.2 Å². The lowest BCUT2D eigenvalue weighted by Crippen LogP contribution is -2.43. The number of carbonyl (C=O) groups excluding carboxylic acids is 3. The van der Waals surface area contributed by atoms with Crippen LogP contribution in [0.5, 0.6) is 5.75 Å². The molecule has 1 fully saturated rings. The SMILES string of the molecule is CCCC(CCC)C1C(C(=O)c2ccc(OC)cc2)C(=O)C(=O)N1c1ccc(-c2ccon2)cc1. The Hall–Kier alpha value is -3.74. The van der Waals surface area contributed by atoms with Gasteiger partial charge in [0.05, 0.1) is 13.2 Å². The average molecular weight is 475 g/mol. The molecule has 2 atom stereocenters. The predicted octanol–water partition coefficient (Wildman–Crippen LogP) is 5.35. The van der Waals surface area contributed by atoms with Gasteiger partial charge in [0.15, 0.2) is 5.78 Å². The number of hydrogen-bond donors (Lipinski definition) is 0. The Morgan fingerprint density at radius 2 is 1.66 bits per heavy atom. The predicted molar refractivity (Wildman–Crippen MR) is 132 cm³/mol. The van der Waals surface area contributed by atoms with Crippen molar-refractivity contribution in [1.29, 1.82) is 0 Å². The van der Waals surface area contributed by atoms with E-state index in [0.29, 0.717) is 22.7 Å². The van der Waals surface area contributed by atoms with E-state index in [0.717, 1.165) is 31.2 Å². The highest BCUT2D eigenvalue weighted by Crippen LogP contribution is 2.39. The molecule has 0 saturated carbocycles. The van der Waals surface area contributed by atoms with Crippen molar-refractivity contribution in [2.75, 3.05) is 12.0 Å². The number of hydrogen-bond acceptors (Lipinski definition) is 6. The van der Waals surface area contributed by atoms with Gasteiger partial charge >= 0.3 is 0 Å². The number of ether oxygens (including phenoxy) is 1. The van der Waals surface area contributed by atoms with E-state index in [1.54, 1.807) is 54.5 Å². The summed E-state index contributed by atoms with van der Waals surface area (Å²) in [6.07, 6.45) is 4.92. The number of methoxy groups -OCH3 is 1. The molecule has 3 aromatic rings. The van der Waals surface area contributed by atoms with Crippen molar-refractivity contribution in [1.82, 2.24) is 5.16 Å². The lowest BCUT2D eigenvalue weighted by atomic mass is 9.79. The molecule has 0 radical (unpaired) electrons. The zero-order valence-corrected chi connectivity index (χ0v) is 20.3. The topological polar surface area (TPSA) is 89.7 Å². The van der Waals surface area contributed by atoms with Gasteiger partial charge in [0, 0.05) is 22.9 Å². The minimum atomic E-state index is -1.05. The highest BCUT2D eigenvalue weighted by molar-refractivity contribution is 6.49. The third-order valence-corrected chi connectivity index (χ3v) is 6.69. The maximum absolute atomic E-state index is 13.7. The molecule has 1 aromatic heterocycles. The van der Waals surface area contributed by atoms with Crippen LogP contribution in [-0.2, 0) is 9.59 Å². The van der Waals surface area contributed by atoms with Gasteiger partial charge in [0.25, 0.3) is 5.91 Å². The van der Waals surface area contributed by atoms with Crippen LogP contribution < -0.4 is 9.64 Å². The second-order valence-corrected chi connectivity index (χ2v) is 8.87. The van der Waals surface area contributed by atoms with Crippen LogP contribution in [-0.4, -0.2) is 35.8 Å². The highest BCUT2D eigenvalue weighted by atomic mass is 16.5. The van der Waals surface area contributed by atoms with Gasteiger partial charge < -0.3 is 14.2 Å². The van der Waals surface area contributed by atoms with Crippen molar-refractivity contribution in [2.24, 2.45) is 11.8 Å².